The second-order valence-corrected chi connectivity index (χ2v) is 5.96. The topological polar surface area (TPSA) is 15.3 Å². The van der Waals surface area contributed by atoms with Crippen LogP contribution >= 0.6 is 11.8 Å². The fourth-order valence-corrected chi connectivity index (χ4v) is 2.70. The fraction of sp³-hybridized carbons (Fsp3) is 1.00. The Morgan fingerprint density at radius 3 is 2.87 bits per heavy atom. The number of nitrogens with one attached hydrogen (secondary N) is 1. The minimum atomic E-state index is 0.826. The molecule has 0 aromatic heterocycles. The molecule has 0 radical (unpaired) electrons. The first-order chi connectivity index (χ1) is 7.29. The molecule has 0 unspecified atom stereocenters. The number of thioether (sulfide) groups is 1. The van der Waals surface area contributed by atoms with Crippen molar-refractivity contribution in [1.82, 2.24) is 10.2 Å². The Labute approximate surface area is 99.2 Å². The Morgan fingerprint density at radius 2 is 2.07 bits per heavy atom. The molecule has 0 aromatic carbocycles. The molecule has 15 heavy (non-hydrogen) atoms. The molecule has 90 valence electrons. The average molecular weight is 230 g/mol. The third-order valence-electron chi connectivity index (χ3n) is 2.82. The Kier molecular flexibility index (Phi) is 7.49. The van der Waals surface area contributed by atoms with Gasteiger partial charge < -0.3 is 10.2 Å². The van der Waals surface area contributed by atoms with Gasteiger partial charge in [-0.15, -0.1) is 0 Å². The van der Waals surface area contributed by atoms with Gasteiger partial charge in [0, 0.05) is 25.4 Å². The van der Waals surface area contributed by atoms with Crippen molar-refractivity contribution in [2.24, 2.45) is 5.92 Å². The molecule has 1 aliphatic heterocycles. The van der Waals surface area contributed by atoms with Crippen LogP contribution in [0.15, 0.2) is 0 Å². The largest absolute Gasteiger partial charge is 0.315 e. The molecule has 0 bridgehead atoms. The van der Waals surface area contributed by atoms with Crippen LogP contribution in [-0.2, 0) is 0 Å². The summed E-state index contributed by atoms with van der Waals surface area (Å²) in [6.45, 7) is 10.7. The highest BCUT2D eigenvalue weighted by Gasteiger charge is 2.07. The third-order valence-corrected chi connectivity index (χ3v) is 3.87. The molecule has 1 fully saturated rings. The summed E-state index contributed by atoms with van der Waals surface area (Å²) >= 11 is 2.11. The Bertz CT molecular complexity index is 143. The predicted octanol–water partition coefficient (Wildman–Crippen LogP) is 2.06. The number of nitrogens with zero attached hydrogens (tertiary/aromatic N) is 1. The Morgan fingerprint density at radius 1 is 1.20 bits per heavy atom. The van der Waals surface area contributed by atoms with Gasteiger partial charge in [-0.05, 0) is 37.6 Å². The van der Waals surface area contributed by atoms with Gasteiger partial charge in [-0.2, -0.15) is 11.8 Å². The van der Waals surface area contributed by atoms with Crippen LogP contribution in [0.25, 0.3) is 0 Å². The predicted molar refractivity (Wildman–Crippen MR) is 70.7 cm³/mol. The van der Waals surface area contributed by atoms with E-state index in [1.165, 1.54) is 50.5 Å². The van der Waals surface area contributed by atoms with E-state index in [1.807, 2.05) is 0 Å². The first-order valence-electron chi connectivity index (χ1n) is 6.30. The first-order valence-corrected chi connectivity index (χ1v) is 7.45. The smallest absolute Gasteiger partial charge is 0.0107 e. The molecule has 1 rings (SSSR count). The van der Waals surface area contributed by atoms with Gasteiger partial charge in [0.2, 0.25) is 0 Å². The molecule has 2 nitrogen and oxygen atoms in total. The molecular weight excluding hydrogens is 204 g/mol. The van der Waals surface area contributed by atoms with Gasteiger partial charge in [-0.1, -0.05) is 13.8 Å². The summed E-state index contributed by atoms with van der Waals surface area (Å²) < 4.78 is 0. The minimum Gasteiger partial charge on any atom is -0.315 e. The number of hydrogen-bond acceptors (Lipinski definition) is 3. The second-order valence-electron chi connectivity index (χ2n) is 4.74. The van der Waals surface area contributed by atoms with E-state index < -0.39 is 0 Å². The van der Waals surface area contributed by atoms with Gasteiger partial charge >= 0.3 is 0 Å². The molecule has 0 aromatic rings. The first kappa shape index (κ1) is 13.3. The summed E-state index contributed by atoms with van der Waals surface area (Å²) in [5.74, 6) is 3.51. The molecule has 1 N–H and O–H groups in total. The number of rotatable bonds is 6. The van der Waals surface area contributed by atoms with Crippen LogP contribution in [0.1, 0.15) is 26.7 Å². The summed E-state index contributed by atoms with van der Waals surface area (Å²) in [6.07, 6.45) is 2.67. The molecular formula is C12H26N2S. The minimum absolute atomic E-state index is 0.826. The van der Waals surface area contributed by atoms with Crippen molar-refractivity contribution in [2.75, 3.05) is 44.2 Å². The highest BCUT2D eigenvalue weighted by Crippen LogP contribution is 2.09. The lowest BCUT2D eigenvalue weighted by atomic mass is 10.1. The zero-order valence-corrected chi connectivity index (χ0v) is 11.1. The molecule has 0 amide bonds. The van der Waals surface area contributed by atoms with Crippen LogP contribution in [0.2, 0.25) is 0 Å². The molecule has 0 atom stereocenters. The molecule has 1 saturated heterocycles. The van der Waals surface area contributed by atoms with E-state index in [-0.39, 0.29) is 0 Å². The highest BCUT2D eigenvalue weighted by atomic mass is 32.2. The van der Waals surface area contributed by atoms with Gasteiger partial charge in [-0.3, -0.25) is 0 Å². The van der Waals surface area contributed by atoms with Crippen molar-refractivity contribution in [1.29, 1.82) is 0 Å². The summed E-state index contributed by atoms with van der Waals surface area (Å²) in [4.78, 5) is 2.60. The third kappa shape index (κ3) is 7.20. The van der Waals surface area contributed by atoms with E-state index in [4.69, 9.17) is 0 Å². The zero-order chi connectivity index (χ0) is 10.9. The number of hydrogen-bond donors (Lipinski definition) is 1. The van der Waals surface area contributed by atoms with Crippen molar-refractivity contribution >= 4 is 11.8 Å². The zero-order valence-electron chi connectivity index (χ0n) is 10.3. The standard InChI is InChI=1S/C12H26N2S/c1-12(2)4-5-13-6-8-14-7-3-10-15-11-9-14/h12-13H,3-11H2,1-2H3. The fourth-order valence-electron chi connectivity index (χ4n) is 1.77. The summed E-state index contributed by atoms with van der Waals surface area (Å²) in [5, 5.41) is 3.54. The van der Waals surface area contributed by atoms with E-state index in [0.29, 0.717) is 0 Å². The lowest BCUT2D eigenvalue weighted by Crippen LogP contribution is -2.34. The van der Waals surface area contributed by atoms with Crippen LogP contribution in [0, 0.1) is 5.92 Å². The van der Waals surface area contributed by atoms with Gasteiger partial charge in [-0.25, -0.2) is 0 Å². The van der Waals surface area contributed by atoms with E-state index in [2.05, 4.69) is 35.8 Å². The van der Waals surface area contributed by atoms with E-state index in [9.17, 15) is 0 Å². The van der Waals surface area contributed by atoms with Crippen LogP contribution in [0.4, 0.5) is 0 Å². The molecule has 1 heterocycles. The van der Waals surface area contributed by atoms with Crippen LogP contribution in [0.3, 0.4) is 0 Å². The maximum absolute atomic E-state index is 3.54. The van der Waals surface area contributed by atoms with Gasteiger partial charge in [0.15, 0.2) is 0 Å². The summed E-state index contributed by atoms with van der Waals surface area (Å²) in [7, 11) is 0. The maximum atomic E-state index is 3.54. The SMILES string of the molecule is CC(C)CCNCCN1CCCSCC1. The van der Waals surface area contributed by atoms with E-state index >= 15 is 0 Å². The van der Waals surface area contributed by atoms with Gasteiger partial charge in [0.05, 0.1) is 0 Å². The molecule has 0 saturated carbocycles. The van der Waals surface area contributed by atoms with Crippen molar-refractivity contribution < 1.29 is 0 Å². The van der Waals surface area contributed by atoms with Gasteiger partial charge in [0.1, 0.15) is 0 Å². The molecule has 0 spiro atoms. The average Bonchev–Trinajstić information content (AvgIpc) is 2.45. The second kappa shape index (κ2) is 8.43. The van der Waals surface area contributed by atoms with Crippen LogP contribution in [0.5, 0.6) is 0 Å². The normalized spacial score (nSPS) is 19.4. The maximum Gasteiger partial charge on any atom is 0.0107 e. The quantitative estimate of drug-likeness (QED) is 0.703. The Balaban J connectivity index is 1.94. The van der Waals surface area contributed by atoms with E-state index in [0.717, 1.165) is 12.5 Å². The lowest BCUT2D eigenvalue weighted by Gasteiger charge is -2.19. The van der Waals surface area contributed by atoms with Crippen molar-refractivity contribution in [3.8, 4) is 0 Å². The monoisotopic (exact) mass is 230 g/mol. The van der Waals surface area contributed by atoms with Crippen LogP contribution in [-0.4, -0.2) is 49.1 Å². The molecule has 0 aliphatic carbocycles. The Hall–Kier alpha value is 0.270. The van der Waals surface area contributed by atoms with Crippen molar-refractivity contribution in [3.63, 3.8) is 0 Å². The molecule has 1 aliphatic rings. The van der Waals surface area contributed by atoms with Gasteiger partial charge in [0.25, 0.3) is 0 Å². The molecule has 3 heteroatoms. The van der Waals surface area contributed by atoms with Crippen LogP contribution < -0.4 is 5.32 Å². The lowest BCUT2D eigenvalue weighted by molar-refractivity contribution is 0.293. The van der Waals surface area contributed by atoms with Crippen molar-refractivity contribution in [3.05, 3.63) is 0 Å². The highest BCUT2D eigenvalue weighted by molar-refractivity contribution is 7.99. The summed E-state index contributed by atoms with van der Waals surface area (Å²) in [6, 6.07) is 0. The van der Waals surface area contributed by atoms with Crippen molar-refractivity contribution in [2.45, 2.75) is 26.7 Å². The van der Waals surface area contributed by atoms with E-state index in [1.54, 1.807) is 0 Å². The summed E-state index contributed by atoms with van der Waals surface area (Å²) in [5.41, 5.74) is 0.